The molecule has 1 aromatic carbocycles. The molecule has 5 heteroatoms. The fourth-order valence-electron chi connectivity index (χ4n) is 2.64. The van der Waals surface area contributed by atoms with Crippen LogP contribution >= 0.6 is 11.8 Å². The maximum atomic E-state index is 12.7. The minimum absolute atomic E-state index is 0.331. The number of carbonyl (C=O) groups is 2. The number of imide groups is 1. The molecule has 0 saturated carbocycles. The van der Waals surface area contributed by atoms with Crippen LogP contribution in [0.15, 0.2) is 42.5 Å². The second kappa shape index (κ2) is 7.21. The summed E-state index contributed by atoms with van der Waals surface area (Å²) >= 11 is 1.61. The van der Waals surface area contributed by atoms with Crippen LogP contribution in [0.25, 0.3) is 0 Å². The fourth-order valence-corrected chi connectivity index (χ4v) is 3.21. The van der Waals surface area contributed by atoms with Crippen LogP contribution in [0.4, 0.5) is 4.79 Å². The summed E-state index contributed by atoms with van der Waals surface area (Å²) in [7, 11) is 0. The molecule has 23 heavy (non-hydrogen) atoms. The van der Waals surface area contributed by atoms with Gasteiger partial charge >= 0.3 is 6.09 Å². The van der Waals surface area contributed by atoms with Crippen LogP contribution in [0.3, 0.4) is 0 Å². The maximum Gasteiger partial charge on any atom is 0.417 e. The molecule has 2 rings (SSSR count). The highest BCUT2D eigenvalue weighted by molar-refractivity contribution is 7.99. The highest BCUT2D eigenvalue weighted by Gasteiger charge is 2.50. The van der Waals surface area contributed by atoms with E-state index in [-0.39, 0.29) is 11.9 Å². The lowest BCUT2D eigenvalue weighted by atomic mass is 9.92. The maximum absolute atomic E-state index is 12.7. The van der Waals surface area contributed by atoms with Crippen LogP contribution in [0.5, 0.6) is 0 Å². The summed E-state index contributed by atoms with van der Waals surface area (Å²) in [6.07, 6.45) is -0.0111. The number of ether oxygens (including phenoxy) is 1. The molecule has 1 aliphatic heterocycles. The van der Waals surface area contributed by atoms with E-state index in [0.29, 0.717) is 17.7 Å². The second-order valence-corrected chi connectivity index (χ2v) is 7.37. The lowest BCUT2D eigenvalue weighted by molar-refractivity contribution is -0.125. The lowest BCUT2D eigenvalue weighted by Crippen LogP contribution is -2.46. The molecule has 0 aromatic heterocycles. The molecule has 1 saturated heterocycles. The van der Waals surface area contributed by atoms with Crippen LogP contribution in [-0.2, 0) is 16.0 Å². The largest absolute Gasteiger partial charge is 0.441 e. The Morgan fingerprint density at radius 3 is 2.61 bits per heavy atom. The number of hydrogen-bond donors (Lipinski definition) is 0. The van der Waals surface area contributed by atoms with E-state index in [2.05, 4.69) is 6.58 Å². The molecule has 2 amide bonds. The molecular formula is C18H23NO3S. The van der Waals surface area contributed by atoms with Crippen LogP contribution < -0.4 is 0 Å². The summed E-state index contributed by atoms with van der Waals surface area (Å²) in [5.74, 6) is 1.09. The third kappa shape index (κ3) is 3.96. The van der Waals surface area contributed by atoms with E-state index in [1.54, 1.807) is 11.8 Å². The van der Waals surface area contributed by atoms with Crippen molar-refractivity contribution in [3.63, 3.8) is 0 Å². The van der Waals surface area contributed by atoms with E-state index < -0.39 is 11.7 Å². The number of carbonyl (C=O) groups excluding carboxylic acids is 2. The number of benzene rings is 1. The van der Waals surface area contributed by atoms with Gasteiger partial charge in [0.1, 0.15) is 5.60 Å². The summed E-state index contributed by atoms with van der Waals surface area (Å²) in [5.41, 5.74) is 0.778. The molecule has 1 heterocycles. The van der Waals surface area contributed by atoms with Crippen molar-refractivity contribution in [3.05, 3.63) is 48.0 Å². The van der Waals surface area contributed by atoms with Crippen molar-refractivity contribution in [2.75, 3.05) is 11.5 Å². The zero-order valence-corrected chi connectivity index (χ0v) is 14.7. The molecule has 124 valence electrons. The molecule has 4 nitrogen and oxygen atoms in total. The van der Waals surface area contributed by atoms with Crippen molar-refractivity contribution in [2.45, 2.75) is 38.8 Å². The van der Waals surface area contributed by atoms with Gasteiger partial charge in [-0.3, -0.25) is 4.79 Å². The lowest BCUT2D eigenvalue weighted by Gasteiger charge is -2.28. The Hall–Kier alpha value is -1.75. The Balaban J connectivity index is 2.22. The number of hydrogen-bond acceptors (Lipinski definition) is 4. The Kier molecular flexibility index (Phi) is 5.52. The van der Waals surface area contributed by atoms with Gasteiger partial charge in [-0.1, -0.05) is 43.8 Å². The van der Waals surface area contributed by atoms with Gasteiger partial charge in [-0.25, -0.2) is 9.69 Å². The Morgan fingerprint density at radius 2 is 2.00 bits per heavy atom. The van der Waals surface area contributed by atoms with Gasteiger partial charge in [0.2, 0.25) is 0 Å². The van der Waals surface area contributed by atoms with Crippen molar-refractivity contribution in [3.8, 4) is 0 Å². The van der Waals surface area contributed by atoms with E-state index in [1.165, 1.54) is 4.90 Å². The number of amides is 2. The van der Waals surface area contributed by atoms with Gasteiger partial charge in [-0.2, -0.15) is 11.8 Å². The minimum atomic E-state index is -0.721. The smallest absolute Gasteiger partial charge is 0.417 e. The van der Waals surface area contributed by atoms with Gasteiger partial charge in [-0.15, -0.1) is 0 Å². The monoisotopic (exact) mass is 333 g/mol. The van der Waals surface area contributed by atoms with Crippen LogP contribution in [-0.4, -0.2) is 40.0 Å². The highest BCUT2D eigenvalue weighted by Crippen LogP contribution is 2.33. The van der Waals surface area contributed by atoms with Crippen molar-refractivity contribution < 1.29 is 14.3 Å². The van der Waals surface area contributed by atoms with Crippen LogP contribution in [0, 0.1) is 0 Å². The summed E-state index contributed by atoms with van der Waals surface area (Å²) in [5, 5.41) is 0. The molecule has 1 atom stereocenters. The standard InChI is InChI=1S/C18H23NO3S/c1-5-23-12-13(2)16(20)19-15(18(3,4)22-17(19)21)11-14-9-7-6-8-10-14/h6-10,15H,2,5,11-12H2,1,3-4H3. The highest BCUT2D eigenvalue weighted by atomic mass is 32.2. The number of nitrogens with zero attached hydrogens (tertiary/aromatic N) is 1. The van der Waals surface area contributed by atoms with E-state index in [1.807, 2.05) is 51.1 Å². The summed E-state index contributed by atoms with van der Waals surface area (Å²) in [6, 6.07) is 9.48. The molecule has 1 aromatic rings. The molecule has 1 fully saturated rings. The van der Waals surface area contributed by atoms with Gasteiger partial charge in [0.25, 0.3) is 5.91 Å². The van der Waals surface area contributed by atoms with Gasteiger partial charge in [-0.05, 0) is 31.6 Å². The molecule has 1 unspecified atom stereocenters. The third-order valence-corrected chi connectivity index (χ3v) is 4.90. The van der Waals surface area contributed by atoms with Crippen molar-refractivity contribution >= 4 is 23.8 Å². The molecule has 0 N–H and O–H groups in total. The predicted octanol–water partition coefficient (Wildman–Crippen LogP) is 3.66. The van der Waals surface area contributed by atoms with Crippen molar-refractivity contribution in [1.29, 1.82) is 0 Å². The fraction of sp³-hybridized carbons (Fsp3) is 0.444. The summed E-state index contributed by atoms with van der Waals surface area (Å²) in [4.78, 5) is 26.1. The van der Waals surface area contributed by atoms with E-state index in [4.69, 9.17) is 4.74 Å². The minimum Gasteiger partial charge on any atom is -0.441 e. The quantitative estimate of drug-likeness (QED) is 0.745. The second-order valence-electron chi connectivity index (χ2n) is 6.09. The average molecular weight is 333 g/mol. The Morgan fingerprint density at radius 1 is 1.35 bits per heavy atom. The number of rotatable bonds is 6. The van der Waals surface area contributed by atoms with Gasteiger partial charge < -0.3 is 4.74 Å². The summed E-state index contributed by atoms with van der Waals surface area (Å²) < 4.78 is 5.44. The zero-order chi connectivity index (χ0) is 17.0. The zero-order valence-electron chi connectivity index (χ0n) is 13.9. The molecule has 0 radical (unpaired) electrons. The first-order valence-electron chi connectivity index (χ1n) is 7.72. The number of thioether (sulfide) groups is 1. The summed E-state index contributed by atoms with van der Waals surface area (Å²) in [6.45, 7) is 9.55. The molecule has 1 aliphatic rings. The van der Waals surface area contributed by atoms with E-state index in [0.717, 1.165) is 11.3 Å². The van der Waals surface area contributed by atoms with Gasteiger partial charge in [0.05, 0.1) is 6.04 Å². The molecular weight excluding hydrogens is 310 g/mol. The topological polar surface area (TPSA) is 46.6 Å². The molecule has 0 spiro atoms. The van der Waals surface area contributed by atoms with Crippen molar-refractivity contribution in [1.82, 2.24) is 4.90 Å². The van der Waals surface area contributed by atoms with Gasteiger partial charge in [0.15, 0.2) is 0 Å². The third-order valence-electron chi connectivity index (χ3n) is 3.93. The first-order valence-corrected chi connectivity index (χ1v) is 8.88. The van der Waals surface area contributed by atoms with Crippen LogP contribution in [0.2, 0.25) is 0 Å². The Bertz CT molecular complexity index is 598. The van der Waals surface area contributed by atoms with E-state index >= 15 is 0 Å². The Labute approximate surface area is 141 Å². The SMILES string of the molecule is C=C(CSCC)C(=O)N1C(=O)OC(C)(C)C1Cc1ccccc1. The molecule has 0 aliphatic carbocycles. The first kappa shape index (κ1) is 17.6. The first-order chi connectivity index (χ1) is 10.9. The van der Waals surface area contributed by atoms with Gasteiger partial charge in [0, 0.05) is 11.3 Å². The number of cyclic esters (lactones) is 1. The average Bonchev–Trinajstić information content (AvgIpc) is 2.74. The van der Waals surface area contributed by atoms with Crippen LogP contribution in [0.1, 0.15) is 26.3 Å². The van der Waals surface area contributed by atoms with Crippen molar-refractivity contribution in [2.24, 2.45) is 0 Å². The predicted molar refractivity (Wildman–Crippen MR) is 93.5 cm³/mol. The molecule has 0 bridgehead atoms. The van der Waals surface area contributed by atoms with E-state index in [9.17, 15) is 9.59 Å². The normalized spacial score (nSPS) is 19.5.